The van der Waals surface area contributed by atoms with Crippen molar-refractivity contribution in [2.75, 3.05) is 50.1 Å². The molecule has 3 heterocycles. The van der Waals surface area contributed by atoms with Crippen LogP contribution >= 0.6 is 11.8 Å². The summed E-state index contributed by atoms with van der Waals surface area (Å²) < 4.78 is 5.82. The summed E-state index contributed by atoms with van der Waals surface area (Å²) in [7, 11) is 1.65. The third kappa shape index (κ3) is 5.82. The average molecular weight is 508 g/mol. The van der Waals surface area contributed by atoms with Gasteiger partial charge in [-0.1, -0.05) is 19.1 Å². The van der Waals surface area contributed by atoms with E-state index < -0.39 is 0 Å². The van der Waals surface area contributed by atoms with E-state index in [-0.39, 0.29) is 5.92 Å². The second-order valence-corrected chi connectivity index (χ2v) is 10.4. The molecule has 1 saturated carbocycles. The van der Waals surface area contributed by atoms with Gasteiger partial charge < -0.3 is 19.9 Å². The highest BCUT2D eigenvalue weighted by Gasteiger charge is 2.29. The van der Waals surface area contributed by atoms with Crippen molar-refractivity contribution in [2.24, 2.45) is 5.92 Å². The Hall–Kier alpha value is -3.11. The van der Waals surface area contributed by atoms with Crippen molar-refractivity contribution in [1.29, 1.82) is 0 Å². The van der Waals surface area contributed by atoms with Crippen LogP contribution in [-0.2, 0) is 11.2 Å². The molecule has 2 aliphatic rings. The number of Topliss-reactive ketones (excluding diaryl/α,β-unsaturated/α-hetero) is 1. The van der Waals surface area contributed by atoms with Crippen LogP contribution in [0.2, 0.25) is 0 Å². The van der Waals surface area contributed by atoms with Gasteiger partial charge in [0.25, 0.3) is 0 Å². The number of carbonyl (C=O) groups excluding carboxylic acids is 1. The minimum absolute atomic E-state index is 0.286. The highest BCUT2D eigenvalue weighted by atomic mass is 32.2. The van der Waals surface area contributed by atoms with Crippen molar-refractivity contribution in [3.05, 3.63) is 41.6 Å². The molecule has 3 aromatic rings. The number of piperazine rings is 1. The minimum Gasteiger partial charge on any atom is -0.490 e. The molecule has 2 aromatic heterocycles. The van der Waals surface area contributed by atoms with Gasteiger partial charge in [-0.3, -0.25) is 9.89 Å². The molecular weight excluding hydrogens is 474 g/mol. The number of likely N-dealkylation sites (N-methyl/N-ethyl adjacent to an activating group) is 1. The van der Waals surface area contributed by atoms with Crippen molar-refractivity contribution < 1.29 is 9.53 Å². The molecule has 2 fully saturated rings. The molecule has 0 spiro atoms. The number of nitrogens with zero attached hydrogens (tertiary/aromatic N) is 5. The first-order valence-corrected chi connectivity index (χ1v) is 13.4. The number of rotatable bonds is 10. The fourth-order valence-corrected chi connectivity index (χ4v) is 5.11. The Balaban J connectivity index is 1.41. The molecular formula is C26H33N7O2S. The molecule has 0 radical (unpaired) electrons. The topological polar surface area (TPSA) is 99.3 Å². The lowest BCUT2D eigenvalue weighted by Crippen LogP contribution is -2.46. The van der Waals surface area contributed by atoms with Crippen LogP contribution in [0.3, 0.4) is 0 Å². The third-order valence-electron chi connectivity index (χ3n) is 6.65. The largest absolute Gasteiger partial charge is 0.490 e. The van der Waals surface area contributed by atoms with Crippen molar-refractivity contribution >= 4 is 35.0 Å². The highest BCUT2D eigenvalue weighted by Crippen LogP contribution is 2.38. The van der Waals surface area contributed by atoms with Crippen LogP contribution in [0.15, 0.2) is 40.4 Å². The van der Waals surface area contributed by atoms with Gasteiger partial charge in [-0.2, -0.15) is 5.10 Å². The molecule has 190 valence electrons. The number of methoxy groups -OCH3 is 1. The number of aromatic amines is 1. The molecule has 0 atom stereocenters. The lowest BCUT2D eigenvalue weighted by Gasteiger charge is -2.35. The number of carbonyl (C=O) groups is 1. The van der Waals surface area contributed by atoms with Crippen molar-refractivity contribution in [1.82, 2.24) is 25.1 Å². The predicted molar refractivity (Wildman–Crippen MR) is 142 cm³/mol. The molecule has 5 rings (SSSR count). The van der Waals surface area contributed by atoms with Gasteiger partial charge in [0, 0.05) is 55.2 Å². The predicted octanol–water partition coefficient (Wildman–Crippen LogP) is 4.08. The Bertz CT molecular complexity index is 1200. The average Bonchev–Trinajstić information content (AvgIpc) is 3.67. The van der Waals surface area contributed by atoms with Crippen LogP contribution in [0, 0.1) is 12.8 Å². The number of hydrogen-bond acceptors (Lipinski definition) is 9. The minimum atomic E-state index is 0.286. The first kappa shape index (κ1) is 24.6. The van der Waals surface area contributed by atoms with Gasteiger partial charge in [-0.05, 0) is 55.8 Å². The molecule has 0 bridgehead atoms. The summed E-state index contributed by atoms with van der Waals surface area (Å²) in [5, 5.41) is 11.2. The van der Waals surface area contributed by atoms with E-state index in [9.17, 15) is 4.79 Å². The number of ether oxygens (including phenoxy) is 1. The lowest BCUT2D eigenvalue weighted by atomic mass is 10.1. The molecule has 1 aliphatic heterocycles. The van der Waals surface area contributed by atoms with Crippen LogP contribution in [0.1, 0.15) is 31.0 Å². The molecule has 0 unspecified atom stereocenters. The van der Waals surface area contributed by atoms with E-state index >= 15 is 0 Å². The summed E-state index contributed by atoms with van der Waals surface area (Å²) in [4.78, 5) is 27.6. The first-order valence-electron chi connectivity index (χ1n) is 12.5. The van der Waals surface area contributed by atoms with E-state index in [1.807, 2.05) is 37.3 Å². The maximum absolute atomic E-state index is 12.2. The van der Waals surface area contributed by atoms with E-state index in [1.54, 1.807) is 7.11 Å². The first-order chi connectivity index (χ1) is 17.5. The number of ketones is 1. The van der Waals surface area contributed by atoms with Crippen molar-refractivity contribution in [3.8, 4) is 5.75 Å². The molecule has 9 nitrogen and oxygen atoms in total. The van der Waals surface area contributed by atoms with E-state index in [1.165, 1.54) is 11.8 Å². The monoisotopic (exact) mass is 507 g/mol. The normalized spacial score (nSPS) is 16.2. The standard InChI is InChI=1S/C26H33N7O2S/c1-4-32-11-13-33(14-12-32)25-23(35-3)24(27-22-15-17(2)30-31-22)28-26(29-25)36-20-9-5-18(6-10-20)16-21(34)19-7-8-19/h5-6,9-10,15,19H,4,7-8,11-14,16H2,1-3H3,(H2,27,28,29,30,31). The molecule has 1 aromatic carbocycles. The Morgan fingerprint density at radius 3 is 2.53 bits per heavy atom. The zero-order chi connectivity index (χ0) is 25.1. The van der Waals surface area contributed by atoms with E-state index in [0.717, 1.165) is 67.5 Å². The maximum Gasteiger partial charge on any atom is 0.204 e. The van der Waals surface area contributed by atoms with Crippen LogP contribution in [-0.4, -0.2) is 70.7 Å². The highest BCUT2D eigenvalue weighted by molar-refractivity contribution is 7.99. The number of hydrogen-bond donors (Lipinski definition) is 2. The van der Waals surface area contributed by atoms with Gasteiger partial charge in [-0.15, -0.1) is 0 Å². The molecule has 1 saturated heterocycles. The Morgan fingerprint density at radius 2 is 1.92 bits per heavy atom. The third-order valence-corrected chi connectivity index (χ3v) is 7.52. The second kappa shape index (κ2) is 10.9. The summed E-state index contributed by atoms with van der Waals surface area (Å²) in [5.74, 6) is 3.29. The van der Waals surface area contributed by atoms with Crippen LogP contribution in [0.4, 0.5) is 17.5 Å². The van der Waals surface area contributed by atoms with Gasteiger partial charge in [0.05, 0.1) is 7.11 Å². The van der Waals surface area contributed by atoms with Gasteiger partial charge >= 0.3 is 0 Å². The zero-order valence-electron chi connectivity index (χ0n) is 21.1. The molecule has 0 amide bonds. The van der Waals surface area contributed by atoms with Gasteiger partial charge in [0.1, 0.15) is 5.78 Å². The SMILES string of the molecule is CCN1CCN(c2nc(Sc3ccc(CC(=O)C4CC4)cc3)nc(Nc3cc(C)[nH]n3)c2OC)CC1. The molecule has 10 heteroatoms. The Kier molecular flexibility index (Phi) is 7.43. The van der Waals surface area contributed by atoms with Crippen LogP contribution < -0.4 is 15.0 Å². The second-order valence-electron chi connectivity index (χ2n) is 9.36. The fourth-order valence-electron chi connectivity index (χ4n) is 4.36. The number of aromatic nitrogens is 4. The summed E-state index contributed by atoms with van der Waals surface area (Å²) in [5.41, 5.74) is 2.01. The quantitative estimate of drug-likeness (QED) is 0.393. The maximum atomic E-state index is 12.2. The summed E-state index contributed by atoms with van der Waals surface area (Å²) in [6.45, 7) is 8.90. The molecule has 36 heavy (non-hydrogen) atoms. The van der Waals surface area contributed by atoms with Crippen LogP contribution in [0.25, 0.3) is 0 Å². The number of benzene rings is 1. The number of anilines is 3. The molecule has 1 aliphatic carbocycles. The Labute approximate surface area is 216 Å². The van der Waals surface area contributed by atoms with Crippen molar-refractivity contribution in [2.45, 2.75) is 43.2 Å². The summed E-state index contributed by atoms with van der Waals surface area (Å²) in [6.07, 6.45) is 2.61. The summed E-state index contributed by atoms with van der Waals surface area (Å²) in [6, 6.07) is 10.1. The lowest BCUT2D eigenvalue weighted by molar-refractivity contribution is -0.119. The Morgan fingerprint density at radius 1 is 1.17 bits per heavy atom. The van der Waals surface area contributed by atoms with Crippen LogP contribution in [0.5, 0.6) is 5.75 Å². The number of H-pyrrole nitrogens is 1. The summed E-state index contributed by atoms with van der Waals surface area (Å²) >= 11 is 1.50. The number of aryl methyl sites for hydroxylation is 1. The molecule has 2 N–H and O–H groups in total. The van der Waals surface area contributed by atoms with E-state index in [4.69, 9.17) is 14.7 Å². The van der Waals surface area contributed by atoms with Gasteiger partial charge in [0.2, 0.25) is 5.75 Å². The van der Waals surface area contributed by atoms with E-state index in [2.05, 4.69) is 32.2 Å². The van der Waals surface area contributed by atoms with E-state index in [0.29, 0.717) is 34.7 Å². The van der Waals surface area contributed by atoms with Gasteiger partial charge in [0.15, 0.2) is 22.6 Å². The number of nitrogens with one attached hydrogen (secondary N) is 2. The van der Waals surface area contributed by atoms with Crippen molar-refractivity contribution in [3.63, 3.8) is 0 Å². The smallest absolute Gasteiger partial charge is 0.204 e. The van der Waals surface area contributed by atoms with Gasteiger partial charge in [-0.25, -0.2) is 9.97 Å². The fraction of sp³-hybridized carbons (Fsp3) is 0.462. The zero-order valence-corrected chi connectivity index (χ0v) is 21.9.